The summed E-state index contributed by atoms with van der Waals surface area (Å²) < 4.78 is 0. The molecular formula is C13H22N2. The van der Waals surface area contributed by atoms with Crippen molar-refractivity contribution in [2.45, 2.75) is 45.7 Å². The fourth-order valence-corrected chi connectivity index (χ4v) is 2.69. The molecule has 1 aliphatic rings. The molecule has 0 saturated heterocycles. The predicted molar refractivity (Wildman–Crippen MR) is 63.6 cm³/mol. The van der Waals surface area contributed by atoms with Gasteiger partial charge in [-0.05, 0) is 42.7 Å². The van der Waals surface area contributed by atoms with Gasteiger partial charge in [-0.3, -0.25) is 0 Å². The van der Waals surface area contributed by atoms with Crippen LogP contribution in [0.1, 0.15) is 38.7 Å². The molecule has 0 radical (unpaired) electrons. The Morgan fingerprint density at radius 3 is 2.93 bits per heavy atom. The van der Waals surface area contributed by atoms with Gasteiger partial charge in [0.1, 0.15) is 0 Å². The van der Waals surface area contributed by atoms with Crippen LogP contribution >= 0.6 is 0 Å². The highest BCUT2D eigenvalue weighted by molar-refractivity contribution is 5.07. The van der Waals surface area contributed by atoms with Gasteiger partial charge in [-0.25, -0.2) is 0 Å². The number of rotatable bonds is 3. The van der Waals surface area contributed by atoms with E-state index in [0.29, 0.717) is 0 Å². The summed E-state index contributed by atoms with van der Waals surface area (Å²) >= 11 is 0. The summed E-state index contributed by atoms with van der Waals surface area (Å²) in [5.41, 5.74) is 1.36. The van der Waals surface area contributed by atoms with Crippen LogP contribution in [-0.4, -0.2) is 11.0 Å². The van der Waals surface area contributed by atoms with Crippen molar-refractivity contribution in [1.29, 1.82) is 0 Å². The van der Waals surface area contributed by atoms with Crippen LogP contribution in [0.25, 0.3) is 0 Å². The molecule has 84 valence electrons. The maximum absolute atomic E-state index is 3.67. The van der Waals surface area contributed by atoms with Crippen LogP contribution in [0.15, 0.2) is 18.5 Å². The maximum atomic E-state index is 3.67. The smallest absolute Gasteiger partial charge is 0.0223 e. The van der Waals surface area contributed by atoms with Crippen molar-refractivity contribution in [3.63, 3.8) is 0 Å². The molecule has 0 amide bonds. The van der Waals surface area contributed by atoms with Crippen molar-refractivity contribution in [2.75, 3.05) is 0 Å². The lowest BCUT2D eigenvalue weighted by Gasteiger charge is -2.33. The first kappa shape index (κ1) is 10.7. The third-order valence-electron chi connectivity index (χ3n) is 3.66. The highest BCUT2D eigenvalue weighted by Gasteiger charge is 2.24. The maximum Gasteiger partial charge on any atom is 0.0223 e. The Kier molecular flexibility index (Phi) is 3.47. The largest absolute Gasteiger partial charge is 0.367 e. The van der Waals surface area contributed by atoms with Crippen molar-refractivity contribution in [3.05, 3.63) is 24.0 Å². The number of hydrogen-bond acceptors (Lipinski definition) is 1. The number of hydrogen-bond donors (Lipinski definition) is 2. The number of H-pyrrole nitrogens is 1. The molecule has 3 unspecified atom stereocenters. The van der Waals surface area contributed by atoms with E-state index in [9.17, 15) is 0 Å². The molecule has 1 aromatic rings. The lowest BCUT2D eigenvalue weighted by atomic mass is 9.80. The minimum Gasteiger partial charge on any atom is -0.367 e. The number of aromatic amines is 1. The quantitative estimate of drug-likeness (QED) is 0.782. The third-order valence-corrected chi connectivity index (χ3v) is 3.66. The Labute approximate surface area is 92.5 Å². The van der Waals surface area contributed by atoms with Gasteiger partial charge in [-0.15, -0.1) is 0 Å². The van der Waals surface area contributed by atoms with Crippen molar-refractivity contribution in [2.24, 2.45) is 11.8 Å². The van der Waals surface area contributed by atoms with Crippen LogP contribution in [0.3, 0.4) is 0 Å². The summed E-state index contributed by atoms with van der Waals surface area (Å²) in [5.74, 6) is 1.75. The Morgan fingerprint density at radius 1 is 1.40 bits per heavy atom. The van der Waals surface area contributed by atoms with E-state index in [1.54, 1.807) is 0 Å². The molecule has 3 atom stereocenters. The van der Waals surface area contributed by atoms with Gasteiger partial charge in [-0.2, -0.15) is 0 Å². The molecule has 2 heteroatoms. The van der Waals surface area contributed by atoms with Crippen LogP contribution in [0.4, 0.5) is 0 Å². The molecule has 1 aliphatic carbocycles. The van der Waals surface area contributed by atoms with E-state index in [-0.39, 0.29) is 0 Å². The van der Waals surface area contributed by atoms with Crippen molar-refractivity contribution in [1.82, 2.24) is 10.3 Å². The molecule has 1 heterocycles. The van der Waals surface area contributed by atoms with Crippen LogP contribution in [0.2, 0.25) is 0 Å². The average molecular weight is 206 g/mol. The highest BCUT2D eigenvalue weighted by Crippen LogP contribution is 2.28. The molecule has 0 aromatic carbocycles. The first-order chi connectivity index (χ1) is 7.25. The van der Waals surface area contributed by atoms with E-state index in [1.165, 1.54) is 24.8 Å². The van der Waals surface area contributed by atoms with Crippen LogP contribution in [0.5, 0.6) is 0 Å². The molecule has 15 heavy (non-hydrogen) atoms. The molecule has 2 nitrogen and oxygen atoms in total. The number of aromatic nitrogens is 1. The fourth-order valence-electron chi connectivity index (χ4n) is 2.69. The van der Waals surface area contributed by atoms with Gasteiger partial charge >= 0.3 is 0 Å². The Hall–Kier alpha value is -0.760. The van der Waals surface area contributed by atoms with Crippen molar-refractivity contribution >= 4 is 0 Å². The second-order valence-corrected chi connectivity index (χ2v) is 5.10. The van der Waals surface area contributed by atoms with E-state index in [1.807, 2.05) is 6.20 Å². The molecule has 1 saturated carbocycles. The summed E-state index contributed by atoms with van der Waals surface area (Å²) in [6.45, 7) is 5.76. The summed E-state index contributed by atoms with van der Waals surface area (Å²) in [6, 6.07) is 2.86. The van der Waals surface area contributed by atoms with Gasteiger partial charge in [0.2, 0.25) is 0 Å². The first-order valence-corrected chi connectivity index (χ1v) is 6.10. The first-order valence-electron chi connectivity index (χ1n) is 6.10. The molecular weight excluding hydrogens is 184 g/mol. The van der Waals surface area contributed by atoms with Gasteiger partial charge in [0.15, 0.2) is 0 Å². The van der Waals surface area contributed by atoms with E-state index < -0.39 is 0 Å². The Bertz CT molecular complexity index is 279. The fraction of sp³-hybridized carbons (Fsp3) is 0.692. The van der Waals surface area contributed by atoms with Crippen LogP contribution in [-0.2, 0) is 6.54 Å². The SMILES string of the molecule is CC1CCC(NCc2cc[nH]c2)C(C)C1. The zero-order valence-corrected chi connectivity index (χ0v) is 9.79. The van der Waals surface area contributed by atoms with Crippen molar-refractivity contribution < 1.29 is 0 Å². The standard InChI is InChI=1S/C13H22N2/c1-10-3-4-13(11(2)7-10)15-9-12-5-6-14-8-12/h5-6,8,10-11,13-15H,3-4,7,9H2,1-2H3. The van der Waals surface area contributed by atoms with Crippen LogP contribution in [0, 0.1) is 11.8 Å². The summed E-state index contributed by atoms with van der Waals surface area (Å²) in [6.07, 6.45) is 8.17. The highest BCUT2D eigenvalue weighted by atomic mass is 14.9. The summed E-state index contributed by atoms with van der Waals surface area (Å²) in [4.78, 5) is 3.10. The number of nitrogens with one attached hydrogen (secondary N) is 2. The second-order valence-electron chi connectivity index (χ2n) is 5.10. The molecule has 2 rings (SSSR count). The lowest BCUT2D eigenvalue weighted by molar-refractivity contribution is 0.227. The summed E-state index contributed by atoms with van der Waals surface area (Å²) in [7, 11) is 0. The third kappa shape index (κ3) is 2.85. The molecule has 1 aromatic heterocycles. The van der Waals surface area contributed by atoms with Gasteiger partial charge in [0.25, 0.3) is 0 Å². The van der Waals surface area contributed by atoms with E-state index in [2.05, 4.69) is 36.4 Å². The van der Waals surface area contributed by atoms with E-state index in [0.717, 1.165) is 24.4 Å². The normalized spacial score (nSPS) is 31.7. The van der Waals surface area contributed by atoms with Crippen LogP contribution < -0.4 is 5.32 Å². The molecule has 0 spiro atoms. The Balaban J connectivity index is 1.79. The summed E-state index contributed by atoms with van der Waals surface area (Å²) in [5, 5.41) is 3.67. The van der Waals surface area contributed by atoms with Gasteiger partial charge < -0.3 is 10.3 Å². The van der Waals surface area contributed by atoms with Gasteiger partial charge in [-0.1, -0.05) is 13.8 Å². The minimum atomic E-state index is 0.719. The molecule has 0 bridgehead atoms. The van der Waals surface area contributed by atoms with Crippen molar-refractivity contribution in [3.8, 4) is 0 Å². The van der Waals surface area contributed by atoms with E-state index in [4.69, 9.17) is 0 Å². The predicted octanol–water partition coefficient (Wildman–Crippen LogP) is 2.93. The second kappa shape index (κ2) is 4.84. The molecule has 0 aliphatic heterocycles. The van der Waals surface area contributed by atoms with Gasteiger partial charge in [0, 0.05) is 25.0 Å². The lowest BCUT2D eigenvalue weighted by Crippen LogP contribution is -2.38. The molecule has 1 fully saturated rings. The van der Waals surface area contributed by atoms with E-state index >= 15 is 0 Å². The Morgan fingerprint density at radius 2 is 2.27 bits per heavy atom. The topological polar surface area (TPSA) is 27.8 Å². The zero-order valence-electron chi connectivity index (χ0n) is 9.79. The molecule has 2 N–H and O–H groups in total. The average Bonchev–Trinajstić information content (AvgIpc) is 2.69. The van der Waals surface area contributed by atoms with Gasteiger partial charge in [0.05, 0.1) is 0 Å². The monoisotopic (exact) mass is 206 g/mol. The minimum absolute atomic E-state index is 0.719. The zero-order chi connectivity index (χ0) is 10.7.